The Kier molecular flexibility index (Phi) is 10.2. The standard InChI is InChI=1S/C31H23N3.2ClH.Fe/c1-3-12-24(13-4-1)28-18-7-9-20-30(28)32-22-26-16-11-17-27(34-26)23-33-31-21-10-8-19-29(31)25-14-5-2-6-15-25;;;/h1-23H;2*1H;/q;;;+2/p-2. The second kappa shape index (κ2) is 14.3. The Bertz CT molecular complexity index is 1360. The molecular formula is C31H23Cl2FeN3. The zero-order valence-corrected chi connectivity index (χ0v) is 22.3. The molecule has 0 atom stereocenters. The molecule has 3 nitrogen and oxygen atoms in total. The Balaban J connectivity index is 0.00000102. The number of benzene rings is 4. The molecule has 1 heterocycles. The number of rotatable bonds is 6. The summed E-state index contributed by atoms with van der Waals surface area (Å²) in [5.41, 5.74) is 7.84. The van der Waals surface area contributed by atoms with Gasteiger partial charge in [0.15, 0.2) is 0 Å². The van der Waals surface area contributed by atoms with Gasteiger partial charge in [0.1, 0.15) is 0 Å². The van der Waals surface area contributed by atoms with E-state index < -0.39 is 0 Å². The summed E-state index contributed by atoms with van der Waals surface area (Å²) < 4.78 is 0. The molecule has 0 aliphatic carbocycles. The fourth-order valence-electron chi connectivity index (χ4n) is 3.78. The minimum absolute atomic E-state index is 0.194. The molecule has 0 radical (unpaired) electrons. The zero-order chi connectivity index (χ0) is 25.7. The number of pyridine rings is 1. The third-order valence-corrected chi connectivity index (χ3v) is 5.44. The minimum atomic E-state index is 0.194. The van der Waals surface area contributed by atoms with Gasteiger partial charge >= 0.3 is 33.3 Å². The van der Waals surface area contributed by atoms with E-state index in [2.05, 4.69) is 36.4 Å². The molecule has 0 spiro atoms. The van der Waals surface area contributed by atoms with Crippen molar-refractivity contribution in [1.82, 2.24) is 4.98 Å². The van der Waals surface area contributed by atoms with E-state index in [-0.39, 0.29) is 13.1 Å². The summed E-state index contributed by atoms with van der Waals surface area (Å²) in [5, 5.41) is 0. The summed E-state index contributed by atoms with van der Waals surface area (Å²) >= 11 is 0.194. The van der Waals surface area contributed by atoms with Gasteiger partial charge in [-0.05, 0) is 35.4 Å². The number of hydrogen-bond donors (Lipinski definition) is 0. The van der Waals surface area contributed by atoms with Crippen molar-refractivity contribution in [2.24, 2.45) is 9.98 Å². The molecule has 0 unspecified atom stereocenters. The van der Waals surface area contributed by atoms with Crippen molar-refractivity contribution in [3.05, 3.63) is 139 Å². The van der Waals surface area contributed by atoms with Crippen LogP contribution in [-0.4, -0.2) is 17.4 Å². The van der Waals surface area contributed by atoms with Gasteiger partial charge in [-0.1, -0.05) is 103 Å². The fraction of sp³-hybridized carbons (Fsp3) is 0. The first-order valence-electron chi connectivity index (χ1n) is 11.5. The topological polar surface area (TPSA) is 37.6 Å². The molecule has 0 fully saturated rings. The van der Waals surface area contributed by atoms with Gasteiger partial charge in [-0.3, -0.25) is 9.98 Å². The van der Waals surface area contributed by atoms with Crippen LogP contribution in [0.3, 0.4) is 0 Å². The Morgan fingerprint density at radius 2 is 0.865 bits per heavy atom. The van der Waals surface area contributed by atoms with Gasteiger partial charge < -0.3 is 0 Å². The Labute approximate surface area is 232 Å². The average Bonchev–Trinajstić information content (AvgIpc) is 2.97. The van der Waals surface area contributed by atoms with Crippen LogP contribution in [0, 0.1) is 0 Å². The summed E-state index contributed by atoms with van der Waals surface area (Å²) in [6.45, 7) is 0. The Hall–Kier alpha value is -3.53. The van der Waals surface area contributed by atoms with Crippen molar-refractivity contribution in [3.8, 4) is 22.3 Å². The summed E-state index contributed by atoms with van der Waals surface area (Å²) in [4.78, 5) is 14.2. The zero-order valence-electron chi connectivity index (χ0n) is 19.7. The van der Waals surface area contributed by atoms with E-state index in [4.69, 9.17) is 35.2 Å². The van der Waals surface area contributed by atoms with Crippen LogP contribution in [0.5, 0.6) is 0 Å². The molecule has 5 rings (SSSR count). The van der Waals surface area contributed by atoms with Gasteiger partial charge in [0, 0.05) is 11.1 Å². The summed E-state index contributed by atoms with van der Waals surface area (Å²) in [6, 6.07) is 42.7. The maximum atomic E-state index is 4.76. The van der Waals surface area contributed by atoms with E-state index in [0.29, 0.717) is 0 Å². The molecule has 184 valence electrons. The van der Waals surface area contributed by atoms with Crippen LogP contribution in [0.1, 0.15) is 11.4 Å². The maximum absolute atomic E-state index is 4.76. The third kappa shape index (κ3) is 7.72. The van der Waals surface area contributed by atoms with Gasteiger partial charge in [-0.25, -0.2) is 4.98 Å². The number of nitrogens with zero attached hydrogens (tertiary/aromatic N) is 3. The number of halogens is 2. The fourth-order valence-corrected chi connectivity index (χ4v) is 3.78. The summed E-state index contributed by atoms with van der Waals surface area (Å²) in [5.74, 6) is 0. The Morgan fingerprint density at radius 1 is 0.486 bits per heavy atom. The van der Waals surface area contributed by atoms with Gasteiger partial charge in [0.25, 0.3) is 0 Å². The molecule has 1 aromatic heterocycles. The molecular weight excluding hydrogens is 541 g/mol. The monoisotopic (exact) mass is 563 g/mol. The molecule has 37 heavy (non-hydrogen) atoms. The van der Waals surface area contributed by atoms with Crippen molar-refractivity contribution in [2.75, 3.05) is 0 Å². The number of para-hydroxylation sites is 2. The molecule has 6 heteroatoms. The van der Waals surface area contributed by atoms with E-state index in [1.807, 2.05) is 91.0 Å². The molecule has 5 aromatic rings. The number of hydrogen-bond acceptors (Lipinski definition) is 3. The van der Waals surface area contributed by atoms with Gasteiger partial charge in [-0.15, -0.1) is 0 Å². The van der Waals surface area contributed by atoms with Crippen LogP contribution in [0.15, 0.2) is 137 Å². The first-order valence-corrected chi connectivity index (χ1v) is 14.5. The van der Waals surface area contributed by atoms with Crippen LogP contribution in [0.4, 0.5) is 11.4 Å². The quantitative estimate of drug-likeness (QED) is 0.150. The molecule has 0 N–H and O–H groups in total. The van der Waals surface area contributed by atoms with Crippen molar-refractivity contribution in [3.63, 3.8) is 0 Å². The number of aliphatic imine (C=N–C) groups is 2. The second-order valence-electron chi connectivity index (χ2n) is 7.82. The van der Waals surface area contributed by atoms with Crippen molar-refractivity contribution < 1.29 is 13.1 Å². The van der Waals surface area contributed by atoms with E-state index >= 15 is 0 Å². The van der Waals surface area contributed by atoms with Crippen molar-refractivity contribution in [1.29, 1.82) is 0 Å². The van der Waals surface area contributed by atoms with Crippen LogP contribution < -0.4 is 0 Å². The Morgan fingerprint density at radius 3 is 1.30 bits per heavy atom. The van der Waals surface area contributed by atoms with Crippen LogP contribution in [0.2, 0.25) is 0 Å². The molecule has 0 bridgehead atoms. The molecule has 0 saturated heterocycles. The second-order valence-corrected chi connectivity index (χ2v) is 9.64. The van der Waals surface area contributed by atoms with E-state index in [9.17, 15) is 0 Å². The summed E-state index contributed by atoms with van der Waals surface area (Å²) in [6.07, 6.45) is 3.61. The van der Waals surface area contributed by atoms with Crippen LogP contribution in [0.25, 0.3) is 22.3 Å². The predicted molar refractivity (Wildman–Crippen MR) is 154 cm³/mol. The molecule has 0 saturated carbocycles. The molecule has 0 amide bonds. The normalized spacial score (nSPS) is 11.0. The first-order chi connectivity index (χ1) is 18.3. The molecule has 0 aliphatic rings. The average molecular weight is 564 g/mol. The summed E-state index contributed by atoms with van der Waals surface area (Å²) in [7, 11) is 9.53. The van der Waals surface area contributed by atoms with Gasteiger partial charge in [0.2, 0.25) is 0 Å². The van der Waals surface area contributed by atoms with Crippen LogP contribution >= 0.6 is 20.2 Å². The van der Waals surface area contributed by atoms with Crippen molar-refractivity contribution in [2.45, 2.75) is 0 Å². The third-order valence-electron chi connectivity index (χ3n) is 5.44. The first kappa shape index (κ1) is 26.5. The molecule has 4 aromatic carbocycles. The SMILES string of the molecule is C(=Nc1ccccc1-c1ccccc1)c1cccc(C=Nc2ccccc2-c2ccccc2)n1.[Cl][Fe][Cl]. The van der Waals surface area contributed by atoms with Gasteiger partial charge in [-0.2, -0.15) is 0 Å². The van der Waals surface area contributed by atoms with Gasteiger partial charge in [0.05, 0.1) is 35.2 Å². The van der Waals surface area contributed by atoms with Crippen molar-refractivity contribution >= 4 is 44.0 Å². The van der Waals surface area contributed by atoms with E-state index in [0.717, 1.165) is 45.0 Å². The predicted octanol–water partition coefficient (Wildman–Crippen LogP) is 9.29. The number of aromatic nitrogens is 1. The van der Waals surface area contributed by atoms with E-state index in [1.54, 1.807) is 12.4 Å². The van der Waals surface area contributed by atoms with E-state index in [1.165, 1.54) is 0 Å². The van der Waals surface area contributed by atoms with Crippen LogP contribution in [-0.2, 0) is 13.1 Å². The molecule has 0 aliphatic heterocycles.